The molecule has 2 aromatic rings. The number of para-hydroxylation sites is 1. The number of amides is 1. The molecule has 1 aliphatic rings. The van der Waals surface area contributed by atoms with Crippen molar-refractivity contribution in [3.63, 3.8) is 0 Å². The van der Waals surface area contributed by atoms with Gasteiger partial charge >= 0.3 is 0 Å². The normalized spacial score (nSPS) is 14.1. The zero-order valence-corrected chi connectivity index (χ0v) is 12.8. The van der Waals surface area contributed by atoms with Gasteiger partial charge in [-0.15, -0.1) is 0 Å². The molecule has 0 spiro atoms. The lowest BCUT2D eigenvalue weighted by atomic mass is 10.0. The summed E-state index contributed by atoms with van der Waals surface area (Å²) >= 11 is 0. The van der Waals surface area contributed by atoms with E-state index < -0.39 is 0 Å². The summed E-state index contributed by atoms with van der Waals surface area (Å²) in [6, 6.07) is 12.5. The second-order valence-corrected chi connectivity index (χ2v) is 5.80. The number of carbonyl (C=O) groups is 1. The Morgan fingerprint density at radius 3 is 2.57 bits per heavy atom. The SMILES string of the molecule is Cc1ccc(C)n1CCC(=O)N1CCCc2ccccc21. The van der Waals surface area contributed by atoms with E-state index in [2.05, 4.69) is 48.7 Å². The van der Waals surface area contributed by atoms with Gasteiger partial charge in [-0.3, -0.25) is 4.79 Å². The van der Waals surface area contributed by atoms with Crippen LogP contribution in [0, 0.1) is 13.8 Å². The van der Waals surface area contributed by atoms with Crippen LogP contribution in [0.25, 0.3) is 0 Å². The van der Waals surface area contributed by atoms with Crippen molar-refractivity contribution in [3.05, 3.63) is 53.3 Å². The molecule has 0 saturated carbocycles. The van der Waals surface area contributed by atoms with Gasteiger partial charge in [-0.25, -0.2) is 0 Å². The fraction of sp³-hybridized carbons (Fsp3) is 0.389. The Labute approximate surface area is 126 Å². The minimum absolute atomic E-state index is 0.231. The van der Waals surface area contributed by atoms with Gasteiger partial charge < -0.3 is 9.47 Å². The molecule has 110 valence electrons. The number of rotatable bonds is 3. The monoisotopic (exact) mass is 282 g/mol. The molecule has 2 heterocycles. The van der Waals surface area contributed by atoms with Gasteiger partial charge in [0.05, 0.1) is 0 Å². The summed E-state index contributed by atoms with van der Waals surface area (Å²) < 4.78 is 2.22. The van der Waals surface area contributed by atoms with Gasteiger partial charge in [0.15, 0.2) is 0 Å². The Morgan fingerprint density at radius 1 is 1.10 bits per heavy atom. The summed E-state index contributed by atoms with van der Waals surface area (Å²) in [7, 11) is 0. The van der Waals surface area contributed by atoms with E-state index in [0.29, 0.717) is 6.42 Å². The number of aromatic nitrogens is 1. The van der Waals surface area contributed by atoms with Crippen molar-refractivity contribution in [2.45, 2.75) is 39.7 Å². The van der Waals surface area contributed by atoms with Crippen LogP contribution in [0.3, 0.4) is 0 Å². The van der Waals surface area contributed by atoms with E-state index in [-0.39, 0.29) is 5.91 Å². The molecule has 0 N–H and O–H groups in total. The van der Waals surface area contributed by atoms with Crippen molar-refractivity contribution in [2.24, 2.45) is 0 Å². The number of nitrogens with zero attached hydrogens (tertiary/aromatic N) is 2. The second-order valence-electron chi connectivity index (χ2n) is 5.80. The van der Waals surface area contributed by atoms with Crippen molar-refractivity contribution in [1.82, 2.24) is 4.57 Å². The highest BCUT2D eigenvalue weighted by atomic mass is 16.2. The molecule has 0 bridgehead atoms. The second kappa shape index (κ2) is 5.76. The summed E-state index contributed by atoms with van der Waals surface area (Å²) in [5.74, 6) is 0.231. The van der Waals surface area contributed by atoms with Crippen LogP contribution in [0.5, 0.6) is 0 Å². The van der Waals surface area contributed by atoms with Gasteiger partial charge in [0.25, 0.3) is 0 Å². The average Bonchev–Trinajstić information content (AvgIpc) is 2.83. The number of carbonyl (C=O) groups excluding carboxylic acids is 1. The molecule has 0 unspecified atom stereocenters. The van der Waals surface area contributed by atoms with Crippen LogP contribution in [0.2, 0.25) is 0 Å². The van der Waals surface area contributed by atoms with Crippen LogP contribution in [0.15, 0.2) is 36.4 Å². The first-order valence-electron chi connectivity index (χ1n) is 7.68. The van der Waals surface area contributed by atoms with Gasteiger partial charge in [-0.2, -0.15) is 0 Å². The van der Waals surface area contributed by atoms with Crippen LogP contribution >= 0.6 is 0 Å². The highest BCUT2D eigenvalue weighted by molar-refractivity contribution is 5.94. The van der Waals surface area contributed by atoms with E-state index in [1.54, 1.807) is 0 Å². The van der Waals surface area contributed by atoms with Gasteiger partial charge in [0.1, 0.15) is 0 Å². The zero-order chi connectivity index (χ0) is 14.8. The summed E-state index contributed by atoms with van der Waals surface area (Å²) in [5.41, 5.74) is 4.85. The number of benzene rings is 1. The smallest absolute Gasteiger partial charge is 0.228 e. The van der Waals surface area contributed by atoms with Gasteiger partial charge in [0.2, 0.25) is 5.91 Å². The Kier molecular flexibility index (Phi) is 3.82. The van der Waals surface area contributed by atoms with Gasteiger partial charge in [-0.1, -0.05) is 18.2 Å². The molecule has 3 rings (SSSR count). The molecule has 0 radical (unpaired) electrons. The lowest BCUT2D eigenvalue weighted by Gasteiger charge is -2.29. The first-order valence-corrected chi connectivity index (χ1v) is 7.68. The number of aryl methyl sites for hydroxylation is 3. The molecule has 21 heavy (non-hydrogen) atoms. The third kappa shape index (κ3) is 2.73. The van der Waals surface area contributed by atoms with E-state index in [1.165, 1.54) is 17.0 Å². The molecule has 1 aromatic heterocycles. The number of hydrogen-bond acceptors (Lipinski definition) is 1. The molecule has 1 aromatic carbocycles. The van der Waals surface area contributed by atoms with E-state index in [0.717, 1.165) is 31.6 Å². The van der Waals surface area contributed by atoms with Crippen molar-refractivity contribution in [3.8, 4) is 0 Å². The van der Waals surface area contributed by atoms with Crippen molar-refractivity contribution in [2.75, 3.05) is 11.4 Å². The van der Waals surface area contributed by atoms with Crippen LogP contribution < -0.4 is 4.90 Å². The van der Waals surface area contributed by atoms with Crippen LogP contribution in [-0.2, 0) is 17.8 Å². The standard InChI is InChI=1S/C18H22N2O/c1-14-9-10-15(2)19(14)13-11-18(21)20-12-5-7-16-6-3-4-8-17(16)20/h3-4,6,8-10H,5,7,11-13H2,1-2H3. The van der Waals surface area contributed by atoms with E-state index in [4.69, 9.17) is 0 Å². The van der Waals surface area contributed by atoms with E-state index in [9.17, 15) is 4.79 Å². The van der Waals surface area contributed by atoms with Crippen LogP contribution in [0.1, 0.15) is 29.8 Å². The maximum Gasteiger partial charge on any atom is 0.228 e. The highest BCUT2D eigenvalue weighted by Crippen LogP contribution is 2.27. The molecule has 3 nitrogen and oxygen atoms in total. The summed E-state index contributed by atoms with van der Waals surface area (Å²) in [5, 5.41) is 0. The quantitative estimate of drug-likeness (QED) is 0.846. The lowest BCUT2D eigenvalue weighted by molar-refractivity contribution is -0.118. The molecule has 0 saturated heterocycles. The predicted molar refractivity (Wildman–Crippen MR) is 85.6 cm³/mol. The Morgan fingerprint density at radius 2 is 1.81 bits per heavy atom. The Balaban J connectivity index is 1.72. The summed E-state index contributed by atoms with van der Waals surface area (Å²) in [6.07, 6.45) is 2.70. The topological polar surface area (TPSA) is 25.2 Å². The first-order chi connectivity index (χ1) is 10.2. The molecule has 1 amide bonds. The summed E-state index contributed by atoms with van der Waals surface area (Å²) in [4.78, 5) is 14.6. The highest BCUT2D eigenvalue weighted by Gasteiger charge is 2.21. The number of fused-ring (bicyclic) bond motifs is 1. The van der Waals surface area contributed by atoms with E-state index >= 15 is 0 Å². The molecule has 0 aliphatic carbocycles. The molecule has 1 aliphatic heterocycles. The third-order valence-corrected chi connectivity index (χ3v) is 4.38. The Bertz CT molecular complexity index is 637. The van der Waals surface area contributed by atoms with Crippen molar-refractivity contribution in [1.29, 1.82) is 0 Å². The summed E-state index contributed by atoms with van der Waals surface area (Å²) in [6.45, 7) is 5.79. The largest absolute Gasteiger partial charge is 0.349 e. The van der Waals surface area contributed by atoms with Gasteiger partial charge in [-0.05, 0) is 50.5 Å². The molecule has 3 heteroatoms. The zero-order valence-electron chi connectivity index (χ0n) is 12.8. The maximum atomic E-state index is 12.6. The minimum atomic E-state index is 0.231. The predicted octanol–water partition coefficient (Wildman–Crippen LogP) is 3.47. The molecular formula is C18H22N2O. The third-order valence-electron chi connectivity index (χ3n) is 4.38. The Hall–Kier alpha value is -2.03. The average molecular weight is 282 g/mol. The number of anilines is 1. The van der Waals surface area contributed by atoms with Crippen LogP contribution in [-0.4, -0.2) is 17.0 Å². The van der Waals surface area contributed by atoms with Gasteiger partial charge in [0, 0.05) is 36.6 Å². The lowest BCUT2D eigenvalue weighted by Crippen LogP contribution is -2.36. The molecule has 0 fully saturated rings. The molecular weight excluding hydrogens is 260 g/mol. The van der Waals surface area contributed by atoms with Crippen molar-refractivity contribution >= 4 is 11.6 Å². The van der Waals surface area contributed by atoms with Crippen molar-refractivity contribution < 1.29 is 4.79 Å². The maximum absolute atomic E-state index is 12.6. The minimum Gasteiger partial charge on any atom is -0.349 e. The van der Waals surface area contributed by atoms with Crippen LogP contribution in [0.4, 0.5) is 5.69 Å². The molecule has 0 atom stereocenters. The fourth-order valence-corrected chi connectivity index (χ4v) is 3.19. The first kappa shape index (κ1) is 13.9. The number of hydrogen-bond donors (Lipinski definition) is 0. The fourth-order valence-electron chi connectivity index (χ4n) is 3.19. The van der Waals surface area contributed by atoms with E-state index in [1.807, 2.05) is 11.0 Å².